The van der Waals surface area contributed by atoms with Crippen LogP contribution in [0.2, 0.25) is 0 Å². The van der Waals surface area contributed by atoms with E-state index in [2.05, 4.69) is 34.3 Å². The van der Waals surface area contributed by atoms with E-state index < -0.39 is 0 Å². The second kappa shape index (κ2) is 6.50. The van der Waals surface area contributed by atoms with Gasteiger partial charge in [-0.05, 0) is 13.6 Å². The van der Waals surface area contributed by atoms with E-state index in [9.17, 15) is 0 Å². The standard InChI is InChI=1S/C9H19N5/c1-3-13(2)6-4-10-5-7-14-9-11-8-12-14/h8-10H,3-7H2,1-2H3. The minimum atomic E-state index is 0.885. The molecule has 0 amide bonds. The van der Waals surface area contributed by atoms with Crippen LogP contribution in [0.15, 0.2) is 12.7 Å². The number of hydrogen-bond donors (Lipinski definition) is 1. The number of rotatable bonds is 7. The molecule has 5 heteroatoms. The highest BCUT2D eigenvalue weighted by Gasteiger charge is 1.94. The van der Waals surface area contributed by atoms with Gasteiger partial charge in [-0.15, -0.1) is 0 Å². The van der Waals surface area contributed by atoms with E-state index >= 15 is 0 Å². The van der Waals surface area contributed by atoms with E-state index in [0.717, 1.165) is 32.7 Å². The molecule has 0 radical (unpaired) electrons. The van der Waals surface area contributed by atoms with Crippen LogP contribution in [0.4, 0.5) is 0 Å². The monoisotopic (exact) mass is 197 g/mol. The van der Waals surface area contributed by atoms with Gasteiger partial charge in [0, 0.05) is 19.6 Å². The highest BCUT2D eigenvalue weighted by molar-refractivity contribution is 4.58. The van der Waals surface area contributed by atoms with Gasteiger partial charge >= 0.3 is 0 Å². The molecule has 0 fully saturated rings. The fraction of sp³-hybridized carbons (Fsp3) is 0.778. The third-order valence-electron chi connectivity index (χ3n) is 2.19. The van der Waals surface area contributed by atoms with Gasteiger partial charge in [0.05, 0.1) is 6.54 Å². The summed E-state index contributed by atoms with van der Waals surface area (Å²) in [6.07, 6.45) is 3.30. The van der Waals surface area contributed by atoms with E-state index in [-0.39, 0.29) is 0 Å². The normalized spacial score (nSPS) is 11.1. The topological polar surface area (TPSA) is 46.0 Å². The predicted molar refractivity (Wildman–Crippen MR) is 56.1 cm³/mol. The second-order valence-electron chi connectivity index (χ2n) is 3.30. The van der Waals surface area contributed by atoms with Crippen LogP contribution < -0.4 is 5.32 Å². The summed E-state index contributed by atoms with van der Waals surface area (Å²) < 4.78 is 1.83. The molecule has 0 bridgehead atoms. The van der Waals surface area contributed by atoms with Gasteiger partial charge in [-0.2, -0.15) is 5.10 Å². The van der Waals surface area contributed by atoms with Crippen molar-refractivity contribution in [3.8, 4) is 0 Å². The molecule has 0 aliphatic rings. The van der Waals surface area contributed by atoms with Crippen LogP contribution in [-0.2, 0) is 6.54 Å². The lowest BCUT2D eigenvalue weighted by Crippen LogP contribution is -2.30. The van der Waals surface area contributed by atoms with E-state index in [4.69, 9.17) is 0 Å². The minimum absolute atomic E-state index is 0.885. The summed E-state index contributed by atoms with van der Waals surface area (Å²) in [7, 11) is 2.12. The quantitative estimate of drug-likeness (QED) is 0.616. The molecule has 0 atom stereocenters. The number of hydrogen-bond acceptors (Lipinski definition) is 4. The molecule has 0 spiro atoms. The molecule has 1 heterocycles. The van der Waals surface area contributed by atoms with Crippen molar-refractivity contribution in [2.75, 3.05) is 33.2 Å². The van der Waals surface area contributed by atoms with Crippen LogP contribution in [0.1, 0.15) is 6.92 Å². The summed E-state index contributed by atoms with van der Waals surface area (Å²) >= 11 is 0. The highest BCUT2D eigenvalue weighted by atomic mass is 15.3. The third kappa shape index (κ3) is 4.34. The Kier molecular flexibility index (Phi) is 5.17. The van der Waals surface area contributed by atoms with E-state index in [1.807, 2.05) is 4.68 Å². The zero-order valence-electron chi connectivity index (χ0n) is 8.98. The maximum atomic E-state index is 4.02. The van der Waals surface area contributed by atoms with Gasteiger partial charge in [0.2, 0.25) is 0 Å². The van der Waals surface area contributed by atoms with Crippen molar-refractivity contribution in [3.05, 3.63) is 12.7 Å². The fourth-order valence-electron chi connectivity index (χ4n) is 1.09. The van der Waals surface area contributed by atoms with Crippen molar-refractivity contribution < 1.29 is 0 Å². The Labute approximate surface area is 85.1 Å². The molecule has 0 saturated heterocycles. The smallest absolute Gasteiger partial charge is 0.137 e. The van der Waals surface area contributed by atoms with Crippen LogP contribution in [0.25, 0.3) is 0 Å². The van der Waals surface area contributed by atoms with Crippen molar-refractivity contribution in [3.63, 3.8) is 0 Å². The summed E-state index contributed by atoms with van der Waals surface area (Å²) in [5.41, 5.74) is 0. The summed E-state index contributed by atoms with van der Waals surface area (Å²) in [5, 5.41) is 7.38. The minimum Gasteiger partial charge on any atom is -0.314 e. The Morgan fingerprint density at radius 3 is 2.93 bits per heavy atom. The maximum absolute atomic E-state index is 4.02. The van der Waals surface area contributed by atoms with Gasteiger partial charge in [0.15, 0.2) is 0 Å². The molecular formula is C9H19N5. The zero-order valence-corrected chi connectivity index (χ0v) is 8.98. The molecule has 0 aliphatic heterocycles. The Balaban J connectivity index is 1.95. The van der Waals surface area contributed by atoms with Crippen molar-refractivity contribution >= 4 is 0 Å². The number of aromatic nitrogens is 3. The van der Waals surface area contributed by atoms with Gasteiger partial charge in [-0.1, -0.05) is 6.92 Å². The molecule has 0 aromatic carbocycles. The lowest BCUT2D eigenvalue weighted by atomic mass is 10.5. The van der Waals surface area contributed by atoms with Crippen molar-refractivity contribution in [2.24, 2.45) is 0 Å². The van der Waals surface area contributed by atoms with E-state index in [0.29, 0.717) is 0 Å². The Morgan fingerprint density at radius 2 is 2.29 bits per heavy atom. The summed E-state index contributed by atoms with van der Waals surface area (Å²) in [5.74, 6) is 0. The Morgan fingerprint density at radius 1 is 1.43 bits per heavy atom. The molecule has 1 rings (SSSR count). The van der Waals surface area contributed by atoms with Crippen molar-refractivity contribution in [2.45, 2.75) is 13.5 Å². The summed E-state index contributed by atoms with van der Waals surface area (Å²) in [6.45, 7) is 7.21. The van der Waals surface area contributed by atoms with Crippen LogP contribution in [0, 0.1) is 0 Å². The van der Waals surface area contributed by atoms with Crippen LogP contribution in [-0.4, -0.2) is 52.9 Å². The van der Waals surface area contributed by atoms with E-state index in [1.165, 1.54) is 0 Å². The number of nitrogens with zero attached hydrogens (tertiary/aromatic N) is 4. The predicted octanol–water partition coefficient (Wildman–Crippen LogP) is -0.181. The van der Waals surface area contributed by atoms with Crippen molar-refractivity contribution in [1.29, 1.82) is 0 Å². The molecule has 1 aromatic rings. The average molecular weight is 197 g/mol. The SMILES string of the molecule is CCN(C)CCNCCn1cncn1. The zero-order chi connectivity index (χ0) is 10.2. The van der Waals surface area contributed by atoms with Gasteiger partial charge in [0.1, 0.15) is 12.7 Å². The third-order valence-corrected chi connectivity index (χ3v) is 2.19. The Hall–Kier alpha value is -0.940. The highest BCUT2D eigenvalue weighted by Crippen LogP contribution is 1.80. The van der Waals surface area contributed by atoms with Gasteiger partial charge < -0.3 is 10.2 Å². The molecule has 80 valence electrons. The number of likely N-dealkylation sites (N-methyl/N-ethyl adjacent to an activating group) is 1. The second-order valence-corrected chi connectivity index (χ2v) is 3.30. The van der Waals surface area contributed by atoms with Crippen molar-refractivity contribution in [1.82, 2.24) is 25.0 Å². The average Bonchev–Trinajstić information content (AvgIpc) is 2.69. The molecule has 0 saturated carbocycles. The summed E-state index contributed by atoms with van der Waals surface area (Å²) in [6, 6.07) is 0. The molecular weight excluding hydrogens is 178 g/mol. The van der Waals surface area contributed by atoms with Gasteiger partial charge in [-0.25, -0.2) is 4.98 Å². The molecule has 1 N–H and O–H groups in total. The van der Waals surface area contributed by atoms with Gasteiger partial charge in [0.25, 0.3) is 0 Å². The van der Waals surface area contributed by atoms with Gasteiger partial charge in [-0.3, -0.25) is 4.68 Å². The van der Waals surface area contributed by atoms with E-state index in [1.54, 1.807) is 12.7 Å². The van der Waals surface area contributed by atoms with Crippen LogP contribution >= 0.6 is 0 Å². The first-order valence-electron chi connectivity index (χ1n) is 5.04. The Bertz CT molecular complexity index is 221. The van der Waals surface area contributed by atoms with Crippen LogP contribution in [0.3, 0.4) is 0 Å². The molecule has 0 unspecified atom stereocenters. The molecule has 14 heavy (non-hydrogen) atoms. The fourth-order valence-corrected chi connectivity index (χ4v) is 1.09. The first-order chi connectivity index (χ1) is 6.83. The lowest BCUT2D eigenvalue weighted by molar-refractivity contribution is 0.347. The van der Waals surface area contributed by atoms with Crippen LogP contribution in [0.5, 0.6) is 0 Å². The number of nitrogens with one attached hydrogen (secondary N) is 1. The molecule has 5 nitrogen and oxygen atoms in total. The largest absolute Gasteiger partial charge is 0.314 e. The summed E-state index contributed by atoms with van der Waals surface area (Å²) in [4.78, 5) is 6.16. The molecule has 1 aromatic heterocycles. The molecule has 0 aliphatic carbocycles. The first-order valence-corrected chi connectivity index (χ1v) is 5.04. The maximum Gasteiger partial charge on any atom is 0.137 e. The first kappa shape index (κ1) is 11.1. The lowest BCUT2D eigenvalue weighted by Gasteiger charge is -2.13.